The smallest absolute Gasteiger partial charge is 0.306 e. The van der Waals surface area contributed by atoms with Crippen LogP contribution in [-0.4, -0.2) is 50.7 Å². The zero-order chi connectivity index (χ0) is 25.6. The second-order valence-electron chi connectivity index (χ2n) is 9.39. The van der Waals surface area contributed by atoms with Gasteiger partial charge in [0.15, 0.2) is 0 Å². The number of carbonyl (C=O) groups is 3. The first kappa shape index (κ1) is 24.2. The lowest BCUT2D eigenvalue weighted by atomic mass is 9.87. The molecule has 1 fully saturated rings. The first-order chi connectivity index (χ1) is 17.3. The number of benzene rings is 2. The molecule has 0 saturated heterocycles. The fourth-order valence-electron chi connectivity index (χ4n) is 4.77. The fraction of sp³-hybridized carbons (Fsp3) is 0.333. The van der Waals surface area contributed by atoms with E-state index in [0.717, 1.165) is 18.4 Å². The number of hydrogen-bond acceptors (Lipinski definition) is 4. The van der Waals surface area contributed by atoms with Crippen molar-refractivity contribution in [1.29, 1.82) is 0 Å². The van der Waals surface area contributed by atoms with Crippen LogP contribution >= 0.6 is 11.6 Å². The molecule has 1 saturated carbocycles. The summed E-state index contributed by atoms with van der Waals surface area (Å²) in [7, 11) is 1.76. The Labute approximate surface area is 212 Å². The van der Waals surface area contributed by atoms with E-state index in [9.17, 15) is 23.9 Å². The largest absolute Gasteiger partial charge is 0.481 e. The van der Waals surface area contributed by atoms with Crippen molar-refractivity contribution in [3.8, 4) is 0 Å². The van der Waals surface area contributed by atoms with Gasteiger partial charge in [-0.05, 0) is 67.5 Å². The van der Waals surface area contributed by atoms with Gasteiger partial charge in [-0.2, -0.15) is 9.78 Å². The zero-order valence-corrected chi connectivity index (χ0v) is 20.5. The molecule has 3 aromatic rings. The Morgan fingerprint density at radius 2 is 1.97 bits per heavy atom. The second kappa shape index (κ2) is 9.50. The molecule has 7 nitrogen and oxygen atoms in total. The van der Waals surface area contributed by atoms with Crippen molar-refractivity contribution in [2.75, 3.05) is 7.05 Å². The van der Waals surface area contributed by atoms with Crippen LogP contribution in [0.1, 0.15) is 64.1 Å². The minimum Gasteiger partial charge on any atom is -0.481 e. The van der Waals surface area contributed by atoms with Gasteiger partial charge in [-0.15, -0.1) is 0 Å². The Morgan fingerprint density at radius 3 is 2.61 bits per heavy atom. The maximum atomic E-state index is 13.7. The lowest BCUT2D eigenvalue weighted by Gasteiger charge is -2.17. The van der Waals surface area contributed by atoms with Gasteiger partial charge < -0.3 is 10.0 Å². The van der Waals surface area contributed by atoms with E-state index in [-0.39, 0.29) is 28.1 Å². The lowest BCUT2D eigenvalue weighted by molar-refractivity contribution is -0.141. The standard InChI is InChI=1S/C27H25ClFN3O4/c1-31(19-10-11-19)25(33)17-9-12-20-22(13-17)32(26(34)23-18(14-29)3-2-4-21(23)28)30-24(20)15-5-7-16(8-6-15)27(35)36/h2-5,9,12-13,16,19H,6-8,10-11,14H2,1H3,(H,35,36). The van der Waals surface area contributed by atoms with Crippen LogP contribution < -0.4 is 0 Å². The molecule has 1 aromatic heterocycles. The SMILES string of the molecule is CN(C(=O)c1ccc2c(C3=CCC(C(=O)O)CC3)nn(C(=O)c3c(Cl)cccc3CF)c2c1)C1CC1. The predicted molar refractivity (Wildman–Crippen MR) is 134 cm³/mol. The molecule has 1 amide bonds. The average Bonchev–Trinajstić information content (AvgIpc) is 3.67. The van der Waals surface area contributed by atoms with Crippen LogP contribution in [0.4, 0.5) is 4.39 Å². The molecular weight excluding hydrogens is 485 g/mol. The van der Waals surface area contributed by atoms with Crippen LogP contribution in [0.2, 0.25) is 5.02 Å². The zero-order valence-electron chi connectivity index (χ0n) is 19.7. The number of allylic oxidation sites excluding steroid dienone is 2. The normalized spacial score (nSPS) is 17.6. The van der Waals surface area contributed by atoms with Crippen LogP contribution in [0.5, 0.6) is 0 Å². The number of hydrogen-bond donors (Lipinski definition) is 1. The average molecular weight is 510 g/mol. The summed E-state index contributed by atoms with van der Waals surface area (Å²) >= 11 is 6.31. The molecule has 1 unspecified atom stereocenters. The second-order valence-corrected chi connectivity index (χ2v) is 9.80. The third-order valence-corrected chi connectivity index (χ3v) is 7.37. The summed E-state index contributed by atoms with van der Waals surface area (Å²) < 4.78 is 14.9. The number of carboxylic acids is 1. The molecule has 0 spiro atoms. The Kier molecular flexibility index (Phi) is 6.38. The van der Waals surface area contributed by atoms with Gasteiger partial charge in [-0.3, -0.25) is 14.4 Å². The van der Waals surface area contributed by atoms with E-state index in [4.69, 9.17) is 11.6 Å². The van der Waals surface area contributed by atoms with Gasteiger partial charge in [-0.25, -0.2) is 4.39 Å². The molecule has 2 aliphatic rings. The summed E-state index contributed by atoms with van der Waals surface area (Å²) in [5.74, 6) is -2.04. The van der Waals surface area contributed by atoms with Crippen molar-refractivity contribution in [3.05, 3.63) is 69.9 Å². The van der Waals surface area contributed by atoms with Crippen molar-refractivity contribution in [1.82, 2.24) is 14.7 Å². The van der Waals surface area contributed by atoms with Gasteiger partial charge in [-0.1, -0.05) is 29.8 Å². The molecule has 1 N–H and O–H groups in total. The van der Waals surface area contributed by atoms with E-state index in [1.807, 2.05) is 6.08 Å². The molecule has 1 atom stereocenters. The Hall–Kier alpha value is -3.52. The van der Waals surface area contributed by atoms with Crippen molar-refractivity contribution in [2.45, 2.75) is 44.8 Å². The maximum Gasteiger partial charge on any atom is 0.306 e. The monoisotopic (exact) mass is 509 g/mol. The third-order valence-electron chi connectivity index (χ3n) is 7.06. The van der Waals surface area contributed by atoms with Gasteiger partial charge >= 0.3 is 5.97 Å². The lowest BCUT2D eigenvalue weighted by Crippen LogP contribution is -2.28. The van der Waals surface area contributed by atoms with Gasteiger partial charge in [0, 0.05) is 24.0 Å². The number of amides is 1. The number of aromatic nitrogens is 2. The molecule has 2 aliphatic carbocycles. The summed E-state index contributed by atoms with van der Waals surface area (Å²) in [4.78, 5) is 39.8. The van der Waals surface area contributed by atoms with E-state index in [2.05, 4.69) is 5.10 Å². The van der Waals surface area contributed by atoms with Crippen molar-refractivity contribution >= 4 is 45.9 Å². The quantitative estimate of drug-likeness (QED) is 0.483. The van der Waals surface area contributed by atoms with Gasteiger partial charge in [0.05, 0.1) is 27.7 Å². The number of nitrogens with zero attached hydrogens (tertiary/aromatic N) is 3. The Balaban J connectivity index is 1.65. The molecule has 186 valence electrons. The van der Waals surface area contributed by atoms with E-state index in [1.165, 1.54) is 16.8 Å². The highest BCUT2D eigenvalue weighted by Gasteiger charge is 2.31. The summed E-state index contributed by atoms with van der Waals surface area (Å²) in [6, 6.07) is 9.95. The number of carboxylic acid groups (broad SMARTS) is 1. The predicted octanol–water partition coefficient (Wildman–Crippen LogP) is 5.35. The number of alkyl halides is 1. The van der Waals surface area contributed by atoms with Gasteiger partial charge in [0.1, 0.15) is 6.67 Å². The minimum absolute atomic E-state index is 0.0213. The van der Waals surface area contributed by atoms with E-state index in [0.29, 0.717) is 41.4 Å². The molecule has 5 rings (SSSR count). The number of aliphatic carboxylic acids is 1. The van der Waals surface area contributed by atoms with E-state index < -0.39 is 24.5 Å². The Morgan fingerprint density at radius 1 is 1.19 bits per heavy atom. The van der Waals surface area contributed by atoms with Crippen molar-refractivity contribution in [2.24, 2.45) is 5.92 Å². The highest BCUT2D eigenvalue weighted by molar-refractivity contribution is 6.34. The van der Waals surface area contributed by atoms with Gasteiger partial charge in [0.25, 0.3) is 11.8 Å². The van der Waals surface area contributed by atoms with Crippen molar-refractivity contribution in [3.63, 3.8) is 0 Å². The summed E-state index contributed by atoms with van der Waals surface area (Å²) in [5, 5.41) is 14.7. The first-order valence-corrected chi connectivity index (χ1v) is 12.3. The topological polar surface area (TPSA) is 92.5 Å². The molecule has 9 heteroatoms. The highest BCUT2D eigenvalue weighted by atomic mass is 35.5. The van der Waals surface area contributed by atoms with Crippen LogP contribution in [0.15, 0.2) is 42.5 Å². The van der Waals surface area contributed by atoms with Crippen LogP contribution in [0.25, 0.3) is 16.5 Å². The molecule has 0 aliphatic heterocycles. The van der Waals surface area contributed by atoms with E-state index >= 15 is 0 Å². The highest BCUT2D eigenvalue weighted by Crippen LogP contribution is 2.35. The summed E-state index contributed by atoms with van der Waals surface area (Å²) in [5.41, 5.74) is 2.39. The maximum absolute atomic E-state index is 13.7. The van der Waals surface area contributed by atoms with Crippen molar-refractivity contribution < 1.29 is 23.9 Å². The van der Waals surface area contributed by atoms with E-state index in [1.54, 1.807) is 36.2 Å². The van der Waals surface area contributed by atoms with Crippen LogP contribution in [0.3, 0.4) is 0 Å². The molecule has 2 aromatic carbocycles. The molecule has 0 bridgehead atoms. The molecule has 1 heterocycles. The summed E-state index contributed by atoms with van der Waals surface area (Å²) in [6.07, 6.45) is 5.10. The number of fused-ring (bicyclic) bond motifs is 1. The minimum atomic E-state index is -0.870. The number of rotatable bonds is 6. The third kappa shape index (κ3) is 4.30. The number of halogens is 2. The molecule has 36 heavy (non-hydrogen) atoms. The first-order valence-electron chi connectivity index (χ1n) is 11.9. The molecular formula is C27H25ClFN3O4. The fourth-order valence-corrected chi connectivity index (χ4v) is 5.05. The number of carbonyl (C=O) groups excluding carboxylic acids is 2. The van der Waals surface area contributed by atoms with Gasteiger partial charge in [0.2, 0.25) is 0 Å². The molecule has 0 radical (unpaired) electrons. The van der Waals surface area contributed by atoms with Crippen LogP contribution in [0, 0.1) is 5.92 Å². The Bertz CT molecular complexity index is 1430. The van der Waals surface area contributed by atoms with Crippen LogP contribution in [-0.2, 0) is 11.5 Å². The summed E-state index contributed by atoms with van der Waals surface area (Å²) in [6.45, 7) is -0.870.